The minimum absolute atomic E-state index is 0.0863. The summed E-state index contributed by atoms with van der Waals surface area (Å²) in [4.78, 5) is 15.1. The molecule has 0 aliphatic heterocycles. The summed E-state index contributed by atoms with van der Waals surface area (Å²) < 4.78 is 0. The third-order valence-electron chi connectivity index (χ3n) is 3.33. The van der Waals surface area contributed by atoms with Gasteiger partial charge in [0.1, 0.15) is 0 Å². The molecule has 0 radical (unpaired) electrons. The molecule has 3 rings (SSSR count). The maximum Gasteiger partial charge on any atom is 0.224 e. The van der Waals surface area contributed by atoms with Crippen LogP contribution < -0.4 is 5.32 Å². The lowest BCUT2D eigenvalue weighted by Crippen LogP contribution is -2.10. The summed E-state index contributed by atoms with van der Waals surface area (Å²) in [6.07, 6.45) is 4.37. The van der Waals surface area contributed by atoms with Gasteiger partial charge in [0.05, 0.1) is 5.69 Å². The first-order valence-electron chi connectivity index (χ1n) is 6.70. The van der Waals surface area contributed by atoms with Crippen LogP contribution in [-0.4, -0.2) is 10.9 Å². The van der Waals surface area contributed by atoms with Crippen LogP contribution in [-0.2, 0) is 11.2 Å². The van der Waals surface area contributed by atoms with Gasteiger partial charge in [-0.1, -0.05) is 18.2 Å². The van der Waals surface area contributed by atoms with Crippen LogP contribution in [0.2, 0.25) is 0 Å². The number of fused-ring (bicyclic) bond motifs is 1. The van der Waals surface area contributed by atoms with Crippen molar-refractivity contribution in [3.05, 3.63) is 52.9 Å². The smallest absolute Gasteiger partial charge is 0.224 e. The lowest BCUT2D eigenvalue weighted by atomic mass is 10.1. The molecule has 0 unspecified atom stereocenters. The van der Waals surface area contributed by atoms with Crippen molar-refractivity contribution in [2.24, 2.45) is 0 Å². The number of amides is 1. The minimum Gasteiger partial charge on any atom is -0.361 e. The average molecular weight is 284 g/mol. The second kappa shape index (κ2) is 5.92. The molecule has 3 nitrogen and oxygen atoms in total. The van der Waals surface area contributed by atoms with E-state index in [9.17, 15) is 4.79 Å². The van der Waals surface area contributed by atoms with Crippen molar-refractivity contribution in [3.8, 4) is 0 Å². The number of thiophene rings is 1. The van der Waals surface area contributed by atoms with Crippen LogP contribution in [0.15, 0.2) is 47.3 Å². The fraction of sp³-hybridized carbons (Fsp3) is 0.188. The number of H-pyrrole nitrogens is 1. The molecule has 20 heavy (non-hydrogen) atoms. The zero-order valence-corrected chi connectivity index (χ0v) is 11.9. The van der Waals surface area contributed by atoms with Crippen molar-refractivity contribution in [2.45, 2.75) is 19.3 Å². The highest BCUT2D eigenvalue weighted by atomic mass is 32.1. The van der Waals surface area contributed by atoms with Crippen molar-refractivity contribution in [3.63, 3.8) is 0 Å². The van der Waals surface area contributed by atoms with Crippen molar-refractivity contribution in [1.29, 1.82) is 0 Å². The molecule has 0 saturated heterocycles. The topological polar surface area (TPSA) is 44.9 Å². The Balaban J connectivity index is 1.53. The highest BCUT2D eigenvalue weighted by molar-refractivity contribution is 7.08. The van der Waals surface area contributed by atoms with E-state index in [0.29, 0.717) is 6.42 Å². The monoisotopic (exact) mass is 284 g/mol. The Hall–Kier alpha value is -2.07. The molecule has 0 spiro atoms. The zero-order valence-electron chi connectivity index (χ0n) is 11.1. The van der Waals surface area contributed by atoms with Crippen LogP contribution >= 0.6 is 11.3 Å². The summed E-state index contributed by atoms with van der Waals surface area (Å²) in [7, 11) is 0. The normalized spacial score (nSPS) is 10.8. The maximum absolute atomic E-state index is 11.8. The number of aromatic nitrogens is 1. The summed E-state index contributed by atoms with van der Waals surface area (Å²) in [5.74, 6) is 0.0863. The number of para-hydroxylation sites is 1. The van der Waals surface area contributed by atoms with Gasteiger partial charge in [0.25, 0.3) is 0 Å². The maximum atomic E-state index is 11.8. The summed E-state index contributed by atoms with van der Waals surface area (Å²) in [6.45, 7) is 0. The number of hydrogen-bond donors (Lipinski definition) is 2. The molecular formula is C16H16N2OS. The van der Waals surface area contributed by atoms with Crippen molar-refractivity contribution < 1.29 is 4.79 Å². The number of nitrogens with one attached hydrogen (secondary N) is 2. The number of benzene rings is 1. The Morgan fingerprint density at radius 3 is 3.00 bits per heavy atom. The number of anilines is 1. The Kier molecular flexibility index (Phi) is 3.83. The molecule has 0 atom stereocenters. The summed E-state index contributed by atoms with van der Waals surface area (Å²) in [5.41, 5.74) is 3.33. The fourth-order valence-electron chi connectivity index (χ4n) is 2.34. The summed E-state index contributed by atoms with van der Waals surface area (Å²) in [6, 6.07) is 10.2. The quantitative estimate of drug-likeness (QED) is 0.725. The van der Waals surface area contributed by atoms with E-state index in [0.717, 1.165) is 24.0 Å². The lowest BCUT2D eigenvalue weighted by Gasteiger charge is -2.02. The van der Waals surface area contributed by atoms with E-state index < -0.39 is 0 Å². The van der Waals surface area contributed by atoms with Gasteiger partial charge in [-0.15, -0.1) is 0 Å². The molecule has 0 aliphatic carbocycles. The molecule has 3 aromatic rings. The first-order valence-corrected chi connectivity index (χ1v) is 7.64. The Morgan fingerprint density at radius 1 is 1.25 bits per heavy atom. The molecule has 1 amide bonds. The Labute approximate surface area is 121 Å². The first kappa shape index (κ1) is 12.9. The van der Waals surface area contributed by atoms with Crippen LogP contribution in [0, 0.1) is 0 Å². The molecule has 0 fully saturated rings. The van der Waals surface area contributed by atoms with E-state index in [2.05, 4.69) is 22.4 Å². The molecular weight excluding hydrogens is 268 g/mol. The van der Waals surface area contributed by atoms with E-state index in [-0.39, 0.29) is 5.91 Å². The number of carbonyl (C=O) groups excluding carboxylic acids is 1. The van der Waals surface area contributed by atoms with E-state index in [4.69, 9.17) is 0 Å². The number of carbonyl (C=O) groups is 1. The standard InChI is InChI=1S/C16H16N2OS/c19-16(18-13-8-9-20-11-13)7-3-4-12-10-17-15-6-2-1-5-14(12)15/h1-2,5-6,8-11,17H,3-4,7H2,(H,18,19). The second-order valence-electron chi connectivity index (χ2n) is 4.77. The van der Waals surface area contributed by atoms with Gasteiger partial charge < -0.3 is 10.3 Å². The Morgan fingerprint density at radius 2 is 2.15 bits per heavy atom. The molecule has 102 valence electrons. The van der Waals surface area contributed by atoms with E-state index in [1.165, 1.54) is 10.9 Å². The number of rotatable bonds is 5. The van der Waals surface area contributed by atoms with E-state index in [1.807, 2.05) is 35.2 Å². The summed E-state index contributed by atoms with van der Waals surface area (Å²) >= 11 is 1.59. The van der Waals surface area contributed by atoms with E-state index >= 15 is 0 Å². The average Bonchev–Trinajstić information content (AvgIpc) is 3.09. The second-order valence-corrected chi connectivity index (χ2v) is 5.55. The molecule has 2 heterocycles. The van der Waals surface area contributed by atoms with Crippen molar-refractivity contribution in [2.75, 3.05) is 5.32 Å². The third kappa shape index (κ3) is 2.91. The number of aromatic amines is 1. The van der Waals surface area contributed by atoms with Gasteiger partial charge in [-0.2, -0.15) is 11.3 Å². The first-order chi connectivity index (χ1) is 9.83. The van der Waals surface area contributed by atoms with Crippen LogP contribution in [0.3, 0.4) is 0 Å². The number of aryl methyl sites for hydroxylation is 1. The fourth-order valence-corrected chi connectivity index (χ4v) is 2.92. The van der Waals surface area contributed by atoms with Gasteiger partial charge in [-0.05, 0) is 35.9 Å². The summed E-state index contributed by atoms with van der Waals surface area (Å²) in [5, 5.41) is 8.06. The predicted molar refractivity (Wildman–Crippen MR) is 84.2 cm³/mol. The van der Waals surface area contributed by atoms with Crippen molar-refractivity contribution in [1.82, 2.24) is 4.98 Å². The van der Waals surface area contributed by atoms with E-state index in [1.54, 1.807) is 11.3 Å². The highest BCUT2D eigenvalue weighted by Gasteiger charge is 2.06. The van der Waals surface area contributed by atoms with Crippen LogP contribution in [0.1, 0.15) is 18.4 Å². The Bertz CT molecular complexity index is 700. The van der Waals surface area contributed by atoms with Gasteiger partial charge in [0, 0.05) is 28.9 Å². The highest BCUT2D eigenvalue weighted by Crippen LogP contribution is 2.19. The molecule has 2 N–H and O–H groups in total. The van der Waals surface area contributed by atoms with Crippen LogP contribution in [0.4, 0.5) is 5.69 Å². The van der Waals surface area contributed by atoms with Gasteiger partial charge >= 0.3 is 0 Å². The van der Waals surface area contributed by atoms with Gasteiger partial charge in [0.15, 0.2) is 0 Å². The SMILES string of the molecule is O=C(CCCc1c[nH]c2ccccc12)Nc1ccsc1. The van der Waals surface area contributed by atoms with Crippen LogP contribution in [0.5, 0.6) is 0 Å². The molecule has 2 aromatic heterocycles. The van der Waals surface area contributed by atoms with Gasteiger partial charge in [-0.25, -0.2) is 0 Å². The molecule has 0 bridgehead atoms. The predicted octanol–water partition coefficient (Wildman–Crippen LogP) is 4.19. The molecule has 0 saturated carbocycles. The number of hydrogen-bond acceptors (Lipinski definition) is 2. The van der Waals surface area contributed by atoms with Crippen LogP contribution in [0.25, 0.3) is 10.9 Å². The molecule has 4 heteroatoms. The van der Waals surface area contributed by atoms with Gasteiger partial charge in [0.2, 0.25) is 5.91 Å². The lowest BCUT2D eigenvalue weighted by molar-refractivity contribution is -0.116. The third-order valence-corrected chi connectivity index (χ3v) is 4.01. The zero-order chi connectivity index (χ0) is 13.8. The van der Waals surface area contributed by atoms with Gasteiger partial charge in [-0.3, -0.25) is 4.79 Å². The van der Waals surface area contributed by atoms with Crippen molar-refractivity contribution >= 4 is 33.8 Å². The molecule has 0 aliphatic rings. The largest absolute Gasteiger partial charge is 0.361 e. The molecule has 1 aromatic carbocycles. The minimum atomic E-state index is 0.0863.